The molecule has 1 fully saturated rings. The van der Waals surface area contributed by atoms with Crippen molar-refractivity contribution in [2.75, 3.05) is 26.7 Å². The van der Waals surface area contributed by atoms with Crippen molar-refractivity contribution >= 4 is 0 Å². The van der Waals surface area contributed by atoms with Crippen LogP contribution in [0.15, 0.2) is 24.3 Å². The molecule has 106 valence electrons. The molecule has 1 aliphatic heterocycles. The van der Waals surface area contributed by atoms with Gasteiger partial charge in [-0.05, 0) is 19.9 Å². The Bertz CT molecular complexity index is 401. The third-order valence-electron chi connectivity index (χ3n) is 3.61. The summed E-state index contributed by atoms with van der Waals surface area (Å²) < 4.78 is 11.2. The van der Waals surface area contributed by atoms with E-state index in [9.17, 15) is 0 Å². The summed E-state index contributed by atoms with van der Waals surface area (Å²) in [6, 6.07) is 8.30. The van der Waals surface area contributed by atoms with E-state index in [-0.39, 0.29) is 18.2 Å². The number of benzene rings is 1. The molecule has 0 aromatic heterocycles. The Hall–Kier alpha value is -1.10. The molecule has 0 spiro atoms. The van der Waals surface area contributed by atoms with E-state index in [1.807, 2.05) is 18.2 Å². The zero-order valence-corrected chi connectivity index (χ0v) is 12.0. The summed E-state index contributed by atoms with van der Waals surface area (Å²) in [5, 5.41) is 0. The fraction of sp³-hybridized carbons (Fsp3) is 0.600. The number of nitrogens with zero attached hydrogens (tertiary/aromatic N) is 1. The van der Waals surface area contributed by atoms with Gasteiger partial charge in [-0.25, -0.2) is 0 Å². The molecule has 1 aromatic rings. The predicted molar refractivity (Wildman–Crippen MR) is 76.4 cm³/mol. The number of morpholine rings is 1. The summed E-state index contributed by atoms with van der Waals surface area (Å²) in [6.07, 6.45) is 0.486. The molecule has 1 heterocycles. The highest BCUT2D eigenvalue weighted by Gasteiger charge is 2.29. The highest BCUT2D eigenvalue weighted by Crippen LogP contribution is 2.30. The zero-order chi connectivity index (χ0) is 13.8. The van der Waals surface area contributed by atoms with Crippen LogP contribution >= 0.6 is 0 Å². The van der Waals surface area contributed by atoms with Crippen LogP contribution in [0.1, 0.15) is 25.5 Å². The molecule has 19 heavy (non-hydrogen) atoms. The molecule has 0 bridgehead atoms. The van der Waals surface area contributed by atoms with Gasteiger partial charge in [-0.1, -0.05) is 18.2 Å². The van der Waals surface area contributed by atoms with Crippen LogP contribution in [0.25, 0.3) is 0 Å². The Morgan fingerprint density at radius 3 is 2.53 bits per heavy atom. The van der Waals surface area contributed by atoms with Crippen molar-refractivity contribution in [3.05, 3.63) is 29.8 Å². The second-order valence-corrected chi connectivity index (χ2v) is 5.20. The molecule has 0 unspecified atom stereocenters. The Labute approximate surface area is 115 Å². The summed E-state index contributed by atoms with van der Waals surface area (Å²) in [5.74, 6) is 0.907. The third-order valence-corrected chi connectivity index (χ3v) is 3.61. The van der Waals surface area contributed by atoms with E-state index in [1.165, 1.54) is 0 Å². The highest BCUT2D eigenvalue weighted by molar-refractivity contribution is 5.36. The quantitative estimate of drug-likeness (QED) is 0.901. The summed E-state index contributed by atoms with van der Waals surface area (Å²) in [7, 11) is 1.71. The average molecular weight is 264 g/mol. The van der Waals surface area contributed by atoms with Crippen molar-refractivity contribution < 1.29 is 9.47 Å². The molecule has 0 aliphatic carbocycles. The lowest BCUT2D eigenvalue weighted by Crippen LogP contribution is -2.48. The van der Waals surface area contributed by atoms with E-state index < -0.39 is 0 Å². The van der Waals surface area contributed by atoms with Gasteiger partial charge in [0.2, 0.25) is 0 Å². The fourth-order valence-corrected chi connectivity index (χ4v) is 2.89. The van der Waals surface area contributed by atoms with Crippen molar-refractivity contribution in [3.63, 3.8) is 0 Å². The fourth-order valence-electron chi connectivity index (χ4n) is 2.89. The van der Waals surface area contributed by atoms with Crippen LogP contribution in [0.3, 0.4) is 0 Å². The minimum absolute atomic E-state index is 0.185. The van der Waals surface area contributed by atoms with Crippen LogP contribution < -0.4 is 10.5 Å². The first-order valence-electron chi connectivity index (χ1n) is 6.88. The van der Waals surface area contributed by atoms with E-state index >= 15 is 0 Å². The number of hydrogen-bond donors (Lipinski definition) is 1. The van der Waals surface area contributed by atoms with Crippen molar-refractivity contribution in [1.82, 2.24) is 4.90 Å². The molecular weight excluding hydrogens is 240 g/mol. The molecule has 1 aliphatic rings. The topological polar surface area (TPSA) is 47.7 Å². The van der Waals surface area contributed by atoms with Crippen molar-refractivity contribution in [1.29, 1.82) is 0 Å². The summed E-state index contributed by atoms with van der Waals surface area (Å²) in [4.78, 5) is 2.40. The molecule has 2 N–H and O–H groups in total. The molecule has 1 aromatic carbocycles. The first kappa shape index (κ1) is 14.3. The van der Waals surface area contributed by atoms with E-state index in [0.29, 0.717) is 6.54 Å². The van der Waals surface area contributed by atoms with E-state index in [1.54, 1.807) is 7.11 Å². The van der Waals surface area contributed by atoms with Gasteiger partial charge in [-0.15, -0.1) is 0 Å². The number of rotatable bonds is 4. The minimum Gasteiger partial charge on any atom is -0.496 e. The van der Waals surface area contributed by atoms with Gasteiger partial charge < -0.3 is 15.2 Å². The summed E-state index contributed by atoms with van der Waals surface area (Å²) >= 11 is 0. The lowest BCUT2D eigenvalue weighted by Gasteiger charge is -2.40. The second kappa shape index (κ2) is 6.37. The van der Waals surface area contributed by atoms with Crippen LogP contribution in [-0.2, 0) is 4.74 Å². The molecule has 0 radical (unpaired) electrons. The maximum Gasteiger partial charge on any atom is 0.123 e. The number of nitrogens with two attached hydrogens (primary N) is 1. The van der Waals surface area contributed by atoms with Gasteiger partial charge in [-0.2, -0.15) is 0 Å². The Morgan fingerprint density at radius 1 is 1.32 bits per heavy atom. The standard InChI is InChI=1S/C15H24N2O2/c1-11-9-17(10-12(2)19-11)14(8-16)13-6-4-5-7-15(13)18-3/h4-7,11-12,14H,8-10,16H2,1-3H3/t11-,12-,14-/m0/s1. The number of ether oxygens (including phenoxy) is 2. The number of hydrogen-bond acceptors (Lipinski definition) is 4. The Balaban J connectivity index is 2.23. The van der Waals surface area contributed by atoms with Gasteiger partial charge in [0, 0.05) is 25.2 Å². The van der Waals surface area contributed by atoms with E-state index in [0.717, 1.165) is 24.4 Å². The van der Waals surface area contributed by atoms with Crippen LogP contribution in [-0.4, -0.2) is 43.9 Å². The minimum atomic E-state index is 0.185. The maximum atomic E-state index is 6.01. The SMILES string of the molecule is COc1ccccc1[C@H](CN)N1C[C@H](C)O[C@@H](C)C1. The van der Waals surface area contributed by atoms with Gasteiger partial charge in [0.1, 0.15) is 5.75 Å². The molecule has 4 nitrogen and oxygen atoms in total. The van der Waals surface area contributed by atoms with E-state index in [2.05, 4.69) is 24.8 Å². The van der Waals surface area contributed by atoms with Gasteiger partial charge in [0.25, 0.3) is 0 Å². The lowest BCUT2D eigenvalue weighted by atomic mass is 10.0. The molecule has 0 saturated carbocycles. The summed E-state index contributed by atoms with van der Waals surface area (Å²) in [5.41, 5.74) is 7.17. The average Bonchev–Trinajstić information content (AvgIpc) is 2.39. The molecule has 0 amide bonds. The largest absolute Gasteiger partial charge is 0.496 e. The molecule has 4 heteroatoms. The molecule has 2 rings (SSSR count). The van der Waals surface area contributed by atoms with Crippen LogP contribution in [0.2, 0.25) is 0 Å². The van der Waals surface area contributed by atoms with Crippen molar-refractivity contribution in [2.24, 2.45) is 5.73 Å². The van der Waals surface area contributed by atoms with E-state index in [4.69, 9.17) is 15.2 Å². The van der Waals surface area contributed by atoms with Gasteiger partial charge in [0.15, 0.2) is 0 Å². The number of para-hydroxylation sites is 1. The van der Waals surface area contributed by atoms with Crippen molar-refractivity contribution in [3.8, 4) is 5.75 Å². The van der Waals surface area contributed by atoms with Crippen molar-refractivity contribution in [2.45, 2.75) is 32.1 Å². The molecular formula is C15H24N2O2. The summed E-state index contributed by atoms with van der Waals surface area (Å²) in [6.45, 7) is 6.62. The predicted octanol–water partition coefficient (Wildman–Crippen LogP) is 1.80. The second-order valence-electron chi connectivity index (χ2n) is 5.20. The maximum absolute atomic E-state index is 6.01. The first-order chi connectivity index (χ1) is 9.15. The Kier molecular flexibility index (Phi) is 4.80. The van der Waals surface area contributed by atoms with Crippen LogP contribution in [0.4, 0.5) is 0 Å². The Morgan fingerprint density at radius 2 is 1.95 bits per heavy atom. The van der Waals surface area contributed by atoms with Gasteiger partial charge in [0.05, 0.1) is 25.4 Å². The zero-order valence-electron chi connectivity index (χ0n) is 12.0. The van der Waals surface area contributed by atoms with Gasteiger partial charge in [-0.3, -0.25) is 4.90 Å². The van der Waals surface area contributed by atoms with Crippen LogP contribution in [0.5, 0.6) is 5.75 Å². The van der Waals surface area contributed by atoms with Gasteiger partial charge >= 0.3 is 0 Å². The monoisotopic (exact) mass is 264 g/mol. The molecule has 3 atom stereocenters. The highest BCUT2D eigenvalue weighted by atomic mass is 16.5. The lowest BCUT2D eigenvalue weighted by molar-refractivity contribution is -0.0801. The third kappa shape index (κ3) is 3.26. The smallest absolute Gasteiger partial charge is 0.123 e. The number of methoxy groups -OCH3 is 1. The normalized spacial score (nSPS) is 26.1. The van der Waals surface area contributed by atoms with Crippen LogP contribution in [0, 0.1) is 0 Å². The molecule has 1 saturated heterocycles. The first-order valence-corrected chi connectivity index (χ1v) is 6.88.